The van der Waals surface area contributed by atoms with Gasteiger partial charge in [-0.3, -0.25) is 0 Å². The number of allylic oxidation sites excluding steroid dienone is 4. The maximum absolute atomic E-state index is 4.67. The minimum atomic E-state index is -4.67. The summed E-state index contributed by atoms with van der Waals surface area (Å²) in [4.78, 5) is 0. The Labute approximate surface area is 644 Å². The summed E-state index contributed by atoms with van der Waals surface area (Å²) >= 11 is 2.73. The van der Waals surface area contributed by atoms with E-state index >= 15 is 0 Å². The second kappa shape index (κ2) is 31.3. The van der Waals surface area contributed by atoms with Gasteiger partial charge in [-0.1, -0.05) is 0 Å². The standard InChI is InChI=1S/C99H75Si.3ClH.Ti/c1-68-69(2)71(4)96(70(68)3)100(97-87(75-47-23-8-24-48-75)65-84(72-41-17-5-18-42-72)90(78-53-29-11-30-54-78)93(97)81-59-35-14-36-60-81,98-88(76-49-25-9-26-50-76)66-85(73-43-19-6-20-44-73)91(79-55-31-12-32-56-79)94(98)82-61-37-15-38-62-82)99-89(77-51-27-10-28-52-77)67-86(74-45-21-7-22-46-74)92(80-57-33-13-34-58-80)95(99)83-63-39-16-40-64-83;;;;/h5-67H,1-4H3;3*1H;/q;;;;+3/p-3. The number of rotatable bonds is 16. The van der Waals surface area contributed by atoms with Crippen LogP contribution in [-0.4, -0.2) is 8.07 Å². The predicted octanol–water partition coefficient (Wildman–Crippen LogP) is 16.1. The van der Waals surface area contributed by atoms with Crippen molar-refractivity contribution in [3.63, 3.8) is 0 Å². The van der Waals surface area contributed by atoms with Crippen molar-refractivity contribution in [2.24, 2.45) is 0 Å². The van der Waals surface area contributed by atoms with Crippen LogP contribution in [0.15, 0.2) is 404 Å². The molecule has 0 aromatic heterocycles. The van der Waals surface area contributed by atoms with E-state index in [4.69, 9.17) is 0 Å². The second-order valence-electron chi connectivity index (χ2n) is 26.7. The Morgan fingerprint density at radius 2 is 0.337 bits per heavy atom. The molecule has 0 unspecified atom stereocenters. The molecule has 0 N–H and O–H groups in total. The van der Waals surface area contributed by atoms with Crippen molar-refractivity contribution < 1.29 is 57.7 Å². The molecule has 104 heavy (non-hydrogen) atoms. The fraction of sp³-hybridized carbons (Fsp3) is 0.0505. The van der Waals surface area contributed by atoms with E-state index in [9.17, 15) is 0 Å². The van der Waals surface area contributed by atoms with Crippen molar-refractivity contribution in [3.05, 3.63) is 404 Å². The smallest absolute Gasteiger partial charge is 1.00 e. The zero-order valence-corrected chi connectivity index (χ0v) is 63.3. The van der Waals surface area contributed by atoms with Crippen LogP contribution < -0.4 is 52.8 Å². The molecule has 0 radical (unpaired) electrons. The van der Waals surface area contributed by atoms with E-state index < -0.39 is 11.4 Å². The molecule has 0 heterocycles. The van der Waals surface area contributed by atoms with Gasteiger partial charge in [0.15, 0.2) is 0 Å². The van der Waals surface area contributed by atoms with E-state index in [1.54, 1.807) is 0 Å². The van der Waals surface area contributed by atoms with E-state index in [0.29, 0.717) is 0 Å². The van der Waals surface area contributed by atoms with Crippen molar-refractivity contribution in [3.8, 4) is 134 Å². The van der Waals surface area contributed by atoms with E-state index in [1.807, 2.05) is 0 Å². The molecule has 0 atom stereocenters. The van der Waals surface area contributed by atoms with Crippen LogP contribution in [0, 0.1) is 0 Å². The molecular weight excluding hydrogens is 1370 g/mol. The molecule has 5 heteroatoms. The first-order valence-electron chi connectivity index (χ1n) is 35.2. The van der Waals surface area contributed by atoms with Gasteiger partial charge in [0.05, 0.1) is 0 Å². The van der Waals surface area contributed by atoms with E-state index in [0.717, 1.165) is 83.5 Å². The Balaban J connectivity index is 0.00000320. The molecule has 0 bridgehead atoms. The van der Waals surface area contributed by atoms with Crippen molar-refractivity contribution in [1.82, 2.24) is 0 Å². The minimum Gasteiger partial charge on any atom is -1.00 e. The van der Waals surface area contributed by atoms with Crippen LogP contribution in [0.3, 0.4) is 0 Å². The molecule has 0 saturated heterocycles. The Hall–Kier alpha value is -10.4. The zero-order chi connectivity index (χ0) is 68.4. The summed E-state index contributed by atoms with van der Waals surface area (Å²) in [6, 6.07) is 145. The molecule has 1 aliphatic carbocycles. The van der Waals surface area contributed by atoms with Gasteiger partial charge in [0, 0.05) is 0 Å². The molecule has 0 nitrogen and oxygen atoms in total. The summed E-state index contributed by atoms with van der Waals surface area (Å²) in [5, 5.41) is 4.00. The molecule has 0 saturated carbocycles. The van der Waals surface area contributed by atoms with Gasteiger partial charge in [0.25, 0.3) is 0 Å². The van der Waals surface area contributed by atoms with Gasteiger partial charge in [-0.05, 0) is 0 Å². The summed E-state index contributed by atoms with van der Waals surface area (Å²) < 4.78 is -0.832. The molecule has 0 amide bonds. The van der Waals surface area contributed by atoms with Crippen LogP contribution in [0.5, 0.6) is 0 Å². The van der Waals surface area contributed by atoms with Crippen LogP contribution in [0.4, 0.5) is 0 Å². The average Bonchev–Trinajstić information content (AvgIpc) is 1.12. The fourth-order valence-corrected chi connectivity index (χ4v) is 26.1. The molecule has 16 rings (SSSR count). The van der Waals surface area contributed by atoms with Crippen LogP contribution in [0.2, 0.25) is 3.34 Å². The van der Waals surface area contributed by atoms with E-state index in [-0.39, 0.29) is 37.2 Å². The van der Waals surface area contributed by atoms with Gasteiger partial charge in [-0.25, -0.2) is 0 Å². The Morgan fingerprint density at radius 1 is 0.192 bits per heavy atom. The molecule has 500 valence electrons. The average molecular weight is 1450 g/mol. The van der Waals surface area contributed by atoms with Crippen LogP contribution >= 0.6 is 0 Å². The normalized spacial score (nSPS) is 12.4. The summed E-state index contributed by atoms with van der Waals surface area (Å²) in [5.41, 5.74) is 33.4. The van der Waals surface area contributed by atoms with Crippen LogP contribution in [0.25, 0.3) is 134 Å². The summed E-state index contributed by atoms with van der Waals surface area (Å²) in [5.74, 6) is 0. The molecule has 1 aliphatic rings. The van der Waals surface area contributed by atoms with Gasteiger partial charge >= 0.3 is 613 Å². The number of hydrogen-bond donors (Lipinski definition) is 0. The molecule has 0 spiro atoms. The van der Waals surface area contributed by atoms with Gasteiger partial charge in [-0.15, -0.1) is 0 Å². The van der Waals surface area contributed by atoms with Crippen molar-refractivity contribution in [1.29, 1.82) is 0 Å². The third-order valence-electron chi connectivity index (χ3n) is 21.4. The monoisotopic (exact) mass is 1440 g/mol. The maximum atomic E-state index is 2.73. The zero-order valence-electron chi connectivity index (χ0n) is 58.5. The quantitative estimate of drug-likeness (QED) is 0.0668. The van der Waals surface area contributed by atoms with Gasteiger partial charge in [0.1, 0.15) is 0 Å². The first-order chi connectivity index (χ1) is 49.8. The van der Waals surface area contributed by atoms with Gasteiger partial charge in [0.2, 0.25) is 0 Å². The maximum Gasteiger partial charge on any atom is -1.00 e. The Bertz CT molecular complexity index is 5010. The van der Waals surface area contributed by atoms with Crippen molar-refractivity contribution >= 4 is 23.6 Å². The minimum absolute atomic E-state index is 0. The Morgan fingerprint density at radius 3 is 0.510 bits per heavy atom. The van der Waals surface area contributed by atoms with Gasteiger partial charge < -0.3 is 37.2 Å². The second-order valence-corrected chi connectivity index (χ2v) is 32.4. The first-order valence-corrected chi connectivity index (χ1v) is 37.9. The topological polar surface area (TPSA) is 0 Å². The summed E-state index contributed by atoms with van der Waals surface area (Å²) in [6.07, 6.45) is 0. The molecular formula is C99H75Cl3SiTi. The largest absolute Gasteiger partial charge is 1.00 e. The van der Waals surface area contributed by atoms with Crippen molar-refractivity contribution in [2.75, 3.05) is 0 Å². The SMILES string of the molecule is CC1=C(C)[C]([Ti+3])([Si](c2c(-c3ccccc3)cc(-c3ccccc3)c(-c3ccccc3)c2-c2ccccc2)(c2c(-c3ccccc3)cc(-c3ccccc3)c(-c3ccccc3)c2-c2ccccc2)c2c(-c3ccccc3)cc(-c3ccccc3)c(-c3ccccc3)c2-c2ccccc2)C(C)=C1C.[Cl-].[Cl-].[Cl-]. The van der Waals surface area contributed by atoms with Crippen molar-refractivity contribution in [2.45, 2.75) is 31.0 Å². The van der Waals surface area contributed by atoms with Crippen LogP contribution in [0.1, 0.15) is 27.7 Å². The third kappa shape index (κ3) is 12.6. The molecule has 15 aromatic carbocycles. The van der Waals surface area contributed by atoms with E-state index in [2.05, 4.69) is 430 Å². The first kappa shape index (κ1) is 72.0. The number of benzene rings is 15. The Kier molecular flexibility index (Phi) is 21.6. The molecule has 0 aliphatic heterocycles. The number of hydrogen-bond acceptors (Lipinski definition) is 0. The predicted molar refractivity (Wildman–Crippen MR) is 429 cm³/mol. The van der Waals surface area contributed by atoms with Crippen LogP contribution in [-0.2, 0) is 20.4 Å². The fourth-order valence-electron chi connectivity index (χ4n) is 16.6. The third-order valence-corrected chi connectivity index (χ3v) is 30.0. The summed E-state index contributed by atoms with van der Waals surface area (Å²) in [6.45, 7) is 9.91. The molecule has 0 fully saturated rings. The number of halogens is 3. The van der Waals surface area contributed by atoms with E-state index in [1.165, 1.54) is 87.9 Å². The molecule has 15 aromatic rings. The van der Waals surface area contributed by atoms with Gasteiger partial charge in [-0.2, -0.15) is 0 Å². The summed E-state index contributed by atoms with van der Waals surface area (Å²) in [7, 11) is -4.67.